The first kappa shape index (κ1) is 23.4. The summed E-state index contributed by atoms with van der Waals surface area (Å²) < 4.78 is 5.89. The van der Waals surface area contributed by atoms with Crippen LogP contribution < -0.4 is 10.1 Å². The van der Waals surface area contributed by atoms with Gasteiger partial charge in [-0.15, -0.1) is 0 Å². The highest BCUT2D eigenvalue weighted by Crippen LogP contribution is 2.18. The van der Waals surface area contributed by atoms with E-state index in [0.29, 0.717) is 18.8 Å². The normalized spacial score (nSPS) is 13.1. The van der Waals surface area contributed by atoms with Crippen molar-refractivity contribution in [2.45, 2.75) is 59.2 Å². The van der Waals surface area contributed by atoms with E-state index in [1.807, 2.05) is 45.9 Å². The molecule has 0 saturated heterocycles. The van der Waals surface area contributed by atoms with Crippen molar-refractivity contribution in [1.82, 2.24) is 5.32 Å². The van der Waals surface area contributed by atoms with Crippen molar-refractivity contribution >= 4 is 11.9 Å². The van der Waals surface area contributed by atoms with E-state index < -0.39 is 24.0 Å². The van der Waals surface area contributed by atoms with Gasteiger partial charge in [-0.2, -0.15) is 0 Å². The summed E-state index contributed by atoms with van der Waals surface area (Å²) in [5.74, 6) is -1.34. The van der Waals surface area contributed by atoms with Crippen molar-refractivity contribution in [2.24, 2.45) is 5.92 Å². The molecule has 6 nitrogen and oxygen atoms in total. The van der Waals surface area contributed by atoms with Crippen LogP contribution in [0.4, 0.5) is 0 Å². The standard InChI is InChI=1S/C24H31NO5/c1-15(2)8-21(23(26)27)25-22(24(28)29)13-18-6-5-7-20(12-18)30-14-19-10-16(3)9-17(4)11-19/h5-7,9-12,15,21-22,25H,8,13-14H2,1-4H3,(H,26,27)(H,28,29). The van der Waals surface area contributed by atoms with Crippen molar-refractivity contribution in [3.05, 3.63) is 64.7 Å². The largest absolute Gasteiger partial charge is 0.489 e. The molecule has 0 aromatic heterocycles. The summed E-state index contributed by atoms with van der Waals surface area (Å²) in [7, 11) is 0. The number of aryl methyl sites for hydroxylation is 2. The molecule has 3 N–H and O–H groups in total. The molecule has 0 aliphatic carbocycles. The van der Waals surface area contributed by atoms with Crippen molar-refractivity contribution in [2.75, 3.05) is 0 Å². The van der Waals surface area contributed by atoms with Gasteiger partial charge in [0.1, 0.15) is 24.4 Å². The zero-order valence-electron chi connectivity index (χ0n) is 18.0. The Labute approximate surface area is 177 Å². The monoisotopic (exact) mass is 413 g/mol. The molecule has 0 aliphatic heterocycles. The third kappa shape index (κ3) is 7.52. The van der Waals surface area contributed by atoms with Gasteiger partial charge in [0.25, 0.3) is 0 Å². The maximum absolute atomic E-state index is 11.7. The highest BCUT2D eigenvalue weighted by Gasteiger charge is 2.26. The van der Waals surface area contributed by atoms with Gasteiger partial charge in [-0.1, -0.05) is 55.3 Å². The lowest BCUT2D eigenvalue weighted by Gasteiger charge is -2.22. The summed E-state index contributed by atoms with van der Waals surface area (Å²) in [5.41, 5.74) is 4.18. The molecule has 0 radical (unpaired) electrons. The first-order chi connectivity index (χ1) is 14.1. The number of aliphatic carboxylic acids is 2. The molecular formula is C24H31NO5. The second-order valence-corrected chi connectivity index (χ2v) is 8.21. The van der Waals surface area contributed by atoms with Crippen LogP contribution in [0.5, 0.6) is 5.75 Å². The van der Waals surface area contributed by atoms with Crippen LogP contribution in [0.2, 0.25) is 0 Å². The number of ether oxygens (including phenoxy) is 1. The number of benzene rings is 2. The van der Waals surface area contributed by atoms with E-state index >= 15 is 0 Å². The summed E-state index contributed by atoms with van der Waals surface area (Å²) in [6, 6.07) is 11.6. The maximum Gasteiger partial charge on any atom is 0.321 e. The first-order valence-corrected chi connectivity index (χ1v) is 10.1. The van der Waals surface area contributed by atoms with Crippen LogP contribution in [-0.2, 0) is 22.6 Å². The topological polar surface area (TPSA) is 95.9 Å². The molecule has 6 heteroatoms. The molecular weight excluding hydrogens is 382 g/mol. The number of carbonyl (C=O) groups is 2. The molecule has 0 bridgehead atoms. The Bertz CT molecular complexity index is 857. The lowest BCUT2D eigenvalue weighted by molar-refractivity contribution is -0.142. The SMILES string of the molecule is Cc1cc(C)cc(COc2cccc(CC(NC(CC(C)C)C(=O)O)C(=O)O)c2)c1. The minimum absolute atomic E-state index is 0.134. The van der Waals surface area contributed by atoms with Gasteiger partial charge in [0.15, 0.2) is 0 Å². The Hall–Kier alpha value is -2.86. The van der Waals surface area contributed by atoms with Crippen LogP contribution in [0.15, 0.2) is 42.5 Å². The van der Waals surface area contributed by atoms with Crippen molar-refractivity contribution in [3.8, 4) is 5.75 Å². The molecule has 0 heterocycles. The molecule has 0 amide bonds. The fraction of sp³-hybridized carbons (Fsp3) is 0.417. The molecule has 30 heavy (non-hydrogen) atoms. The van der Waals surface area contributed by atoms with Crippen LogP contribution in [-0.4, -0.2) is 34.2 Å². The number of hydrogen-bond acceptors (Lipinski definition) is 4. The lowest BCUT2D eigenvalue weighted by Crippen LogP contribution is -2.48. The summed E-state index contributed by atoms with van der Waals surface area (Å²) in [5, 5.41) is 21.8. The Kier molecular flexibility index (Phi) is 8.42. The third-order valence-electron chi connectivity index (χ3n) is 4.73. The molecule has 162 valence electrons. The van der Waals surface area contributed by atoms with Gasteiger partial charge in [-0.3, -0.25) is 14.9 Å². The predicted molar refractivity (Wildman–Crippen MR) is 116 cm³/mol. The van der Waals surface area contributed by atoms with E-state index in [-0.39, 0.29) is 12.3 Å². The van der Waals surface area contributed by atoms with E-state index in [9.17, 15) is 19.8 Å². The second kappa shape index (κ2) is 10.8. The van der Waals surface area contributed by atoms with Crippen LogP contribution in [0, 0.1) is 19.8 Å². The summed E-state index contributed by atoms with van der Waals surface area (Å²) in [6.07, 6.45) is 0.524. The molecule has 0 aliphatic rings. The van der Waals surface area contributed by atoms with Gasteiger partial charge in [0, 0.05) is 0 Å². The predicted octanol–water partition coefficient (Wildman–Crippen LogP) is 3.97. The quantitative estimate of drug-likeness (QED) is 0.516. The average Bonchev–Trinajstić information content (AvgIpc) is 2.64. The molecule has 2 rings (SSSR count). The summed E-state index contributed by atoms with van der Waals surface area (Å²) in [4.78, 5) is 23.2. The second-order valence-electron chi connectivity index (χ2n) is 8.21. The van der Waals surface area contributed by atoms with Crippen molar-refractivity contribution < 1.29 is 24.5 Å². The Morgan fingerprint density at radius 1 is 0.933 bits per heavy atom. The molecule has 2 aromatic carbocycles. The smallest absolute Gasteiger partial charge is 0.321 e. The fourth-order valence-corrected chi connectivity index (χ4v) is 3.49. The van der Waals surface area contributed by atoms with E-state index in [0.717, 1.165) is 11.1 Å². The number of rotatable bonds is 11. The Morgan fingerprint density at radius 3 is 2.13 bits per heavy atom. The lowest BCUT2D eigenvalue weighted by atomic mass is 10.0. The molecule has 0 fully saturated rings. The Morgan fingerprint density at radius 2 is 1.57 bits per heavy atom. The van der Waals surface area contributed by atoms with E-state index in [4.69, 9.17) is 4.74 Å². The van der Waals surface area contributed by atoms with Gasteiger partial charge >= 0.3 is 11.9 Å². The van der Waals surface area contributed by atoms with Gasteiger partial charge in [0.05, 0.1) is 0 Å². The first-order valence-electron chi connectivity index (χ1n) is 10.1. The van der Waals surface area contributed by atoms with Crippen LogP contribution >= 0.6 is 0 Å². The van der Waals surface area contributed by atoms with Gasteiger partial charge in [-0.05, 0) is 55.9 Å². The van der Waals surface area contributed by atoms with E-state index in [1.54, 1.807) is 6.07 Å². The van der Waals surface area contributed by atoms with E-state index in [2.05, 4.69) is 23.5 Å². The highest BCUT2D eigenvalue weighted by atomic mass is 16.5. The highest BCUT2D eigenvalue weighted by molar-refractivity contribution is 5.77. The summed E-state index contributed by atoms with van der Waals surface area (Å²) in [6.45, 7) is 8.32. The number of hydrogen-bond donors (Lipinski definition) is 3. The average molecular weight is 414 g/mol. The van der Waals surface area contributed by atoms with Crippen molar-refractivity contribution in [1.29, 1.82) is 0 Å². The van der Waals surface area contributed by atoms with Gasteiger partial charge in [0.2, 0.25) is 0 Å². The molecule has 2 unspecified atom stereocenters. The van der Waals surface area contributed by atoms with E-state index in [1.165, 1.54) is 11.1 Å². The van der Waals surface area contributed by atoms with Gasteiger partial charge < -0.3 is 14.9 Å². The van der Waals surface area contributed by atoms with Gasteiger partial charge in [-0.25, -0.2) is 0 Å². The number of carboxylic acid groups (broad SMARTS) is 2. The third-order valence-corrected chi connectivity index (χ3v) is 4.73. The number of carboxylic acids is 2. The van der Waals surface area contributed by atoms with Crippen LogP contribution in [0.25, 0.3) is 0 Å². The molecule has 0 saturated carbocycles. The Balaban J connectivity index is 2.07. The minimum Gasteiger partial charge on any atom is -0.489 e. The minimum atomic E-state index is -1.08. The zero-order valence-corrected chi connectivity index (χ0v) is 18.0. The maximum atomic E-state index is 11.7. The van der Waals surface area contributed by atoms with Crippen LogP contribution in [0.3, 0.4) is 0 Å². The fourth-order valence-electron chi connectivity index (χ4n) is 3.49. The molecule has 0 spiro atoms. The van der Waals surface area contributed by atoms with Crippen LogP contribution in [0.1, 0.15) is 42.5 Å². The van der Waals surface area contributed by atoms with Crippen molar-refractivity contribution in [3.63, 3.8) is 0 Å². The number of nitrogens with one attached hydrogen (secondary N) is 1. The molecule has 2 aromatic rings. The zero-order chi connectivity index (χ0) is 22.3. The molecule has 2 atom stereocenters. The summed E-state index contributed by atoms with van der Waals surface area (Å²) >= 11 is 0.